The first-order chi connectivity index (χ1) is 14.1. The Bertz CT molecular complexity index is 1240. The minimum absolute atomic E-state index is 0.00955. The highest BCUT2D eigenvalue weighted by Gasteiger charge is 2.23. The number of methoxy groups -OCH3 is 1. The van der Waals surface area contributed by atoms with E-state index in [1.54, 1.807) is 0 Å². The van der Waals surface area contributed by atoms with Crippen molar-refractivity contribution in [3.05, 3.63) is 64.9 Å². The number of hydrogen-bond acceptors (Lipinski definition) is 6. The number of carbonyl (C=O) groups is 2. The van der Waals surface area contributed by atoms with Crippen LogP contribution in [0, 0.1) is 0 Å². The summed E-state index contributed by atoms with van der Waals surface area (Å²) in [6, 6.07) is 9.58. The molecule has 0 atom stereocenters. The predicted molar refractivity (Wildman–Crippen MR) is 108 cm³/mol. The minimum Gasteiger partial charge on any atom is -0.497 e. The molecule has 0 saturated carbocycles. The molecule has 0 aliphatic carbocycles. The summed E-state index contributed by atoms with van der Waals surface area (Å²) in [6.45, 7) is 0. The molecule has 3 aromatic rings. The van der Waals surface area contributed by atoms with Crippen LogP contribution >= 0.6 is 11.6 Å². The topological polar surface area (TPSA) is 128 Å². The Balaban J connectivity index is 2.00. The van der Waals surface area contributed by atoms with Crippen LogP contribution in [0.15, 0.2) is 58.5 Å². The molecule has 1 amide bonds. The van der Waals surface area contributed by atoms with E-state index in [0.717, 1.165) is 0 Å². The molecule has 0 radical (unpaired) electrons. The number of carboxylic acid groups (broad SMARTS) is 1. The van der Waals surface area contributed by atoms with Crippen molar-refractivity contribution in [3.8, 4) is 5.75 Å². The Kier molecular flexibility index (Phi) is 5.81. The molecule has 11 heteroatoms. The molecule has 9 nitrogen and oxygen atoms in total. The number of aromatic nitrogens is 2. The van der Waals surface area contributed by atoms with E-state index in [1.807, 2.05) is 0 Å². The van der Waals surface area contributed by atoms with E-state index >= 15 is 0 Å². The zero-order valence-electron chi connectivity index (χ0n) is 15.8. The number of sulfone groups is 1. The van der Waals surface area contributed by atoms with Crippen LogP contribution in [-0.4, -0.2) is 42.3 Å². The number of nitrogens with one attached hydrogen (secondary N) is 1. The number of nitrogens with zero attached hydrogens (tertiary/aromatic N) is 2. The number of carbonyl (C=O) groups excluding carboxylic acids is 1. The summed E-state index contributed by atoms with van der Waals surface area (Å²) in [4.78, 5) is 23.8. The van der Waals surface area contributed by atoms with E-state index in [4.69, 9.17) is 16.3 Å². The van der Waals surface area contributed by atoms with Crippen LogP contribution in [0.1, 0.15) is 20.8 Å². The van der Waals surface area contributed by atoms with Gasteiger partial charge >= 0.3 is 5.97 Å². The number of amides is 1. The normalized spacial score (nSPS) is 11.2. The largest absolute Gasteiger partial charge is 0.497 e. The Labute approximate surface area is 176 Å². The SMILES string of the molecule is COc1cc(NC(=O)c2nn(C)cc2C(=O)O)cc(S(=O)(=O)c2ccc(Cl)cc2)c1. The molecular weight excluding hydrogens is 434 g/mol. The summed E-state index contributed by atoms with van der Waals surface area (Å²) in [7, 11) is -1.11. The lowest BCUT2D eigenvalue weighted by molar-refractivity contribution is 0.0692. The van der Waals surface area contributed by atoms with Crippen LogP contribution in [0.4, 0.5) is 5.69 Å². The van der Waals surface area contributed by atoms with Crippen LogP contribution in [0.3, 0.4) is 0 Å². The Morgan fingerprint density at radius 3 is 2.40 bits per heavy atom. The standard InChI is InChI=1S/C19H16ClN3O6S/c1-23-10-16(19(25)26)17(22-23)18(24)21-12-7-13(29-2)9-15(8-12)30(27,28)14-5-3-11(20)4-6-14/h3-10H,1-2H3,(H,21,24)(H,25,26). The first kappa shape index (κ1) is 21.3. The third kappa shape index (κ3) is 4.29. The number of halogens is 1. The van der Waals surface area contributed by atoms with Gasteiger partial charge < -0.3 is 15.2 Å². The average molecular weight is 450 g/mol. The molecular formula is C19H16ClN3O6S. The molecule has 0 fully saturated rings. The van der Waals surface area contributed by atoms with E-state index < -0.39 is 21.7 Å². The van der Waals surface area contributed by atoms with Gasteiger partial charge in [-0.15, -0.1) is 0 Å². The van der Waals surface area contributed by atoms with E-state index in [9.17, 15) is 23.1 Å². The smallest absolute Gasteiger partial charge is 0.339 e. The number of ether oxygens (including phenoxy) is 1. The highest BCUT2D eigenvalue weighted by molar-refractivity contribution is 7.91. The molecule has 0 unspecified atom stereocenters. The predicted octanol–water partition coefficient (Wildman–Crippen LogP) is 2.87. The lowest BCUT2D eigenvalue weighted by Gasteiger charge is -2.11. The highest BCUT2D eigenvalue weighted by atomic mass is 35.5. The van der Waals surface area contributed by atoms with Gasteiger partial charge in [-0.1, -0.05) is 11.6 Å². The van der Waals surface area contributed by atoms with Crippen molar-refractivity contribution in [2.75, 3.05) is 12.4 Å². The average Bonchev–Trinajstić information content (AvgIpc) is 3.10. The van der Waals surface area contributed by atoms with Crippen LogP contribution in [-0.2, 0) is 16.9 Å². The van der Waals surface area contributed by atoms with Crippen LogP contribution in [0.2, 0.25) is 5.02 Å². The van der Waals surface area contributed by atoms with Gasteiger partial charge in [-0.05, 0) is 36.4 Å². The number of benzene rings is 2. The maximum Gasteiger partial charge on any atom is 0.339 e. The van der Waals surface area contributed by atoms with Gasteiger partial charge in [-0.3, -0.25) is 9.48 Å². The summed E-state index contributed by atoms with van der Waals surface area (Å²) < 4.78 is 32.3. The summed E-state index contributed by atoms with van der Waals surface area (Å²) in [5.41, 5.74) is -0.504. The van der Waals surface area contributed by atoms with Crippen molar-refractivity contribution in [3.63, 3.8) is 0 Å². The van der Waals surface area contributed by atoms with E-state index in [2.05, 4.69) is 10.4 Å². The summed E-state index contributed by atoms with van der Waals surface area (Å²) >= 11 is 5.82. The van der Waals surface area contributed by atoms with Gasteiger partial charge in [0.15, 0.2) is 5.69 Å². The summed E-state index contributed by atoms with van der Waals surface area (Å²) in [6.07, 6.45) is 1.19. The van der Waals surface area contributed by atoms with E-state index in [-0.39, 0.29) is 32.5 Å². The number of anilines is 1. The lowest BCUT2D eigenvalue weighted by Crippen LogP contribution is -2.17. The Hall–Kier alpha value is -3.37. The molecule has 0 bridgehead atoms. The Morgan fingerprint density at radius 2 is 1.80 bits per heavy atom. The van der Waals surface area contributed by atoms with Crippen molar-refractivity contribution in [2.24, 2.45) is 7.05 Å². The maximum atomic E-state index is 13.0. The second-order valence-electron chi connectivity index (χ2n) is 6.18. The molecule has 30 heavy (non-hydrogen) atoms. The van der Waals surface area contributed by atoms with E-state index in [0.29, 0.717) is 5.02 Å². The van der Waals surface area contributed by atoms with Gasteiger partial charge in [0, 0.05) is 30.0 Å². The Morgan fingerprint density at radius 1 is 1.13 bits per heavy atom. The van der Waals surface area contributed by atoms with Crippen molar-refractivity contribution in [1.29, 1.82) is 0 Å². The van der Waals surface area contributed by atoms with Crippen molar-refractivity contribution in [1.82, 2.24) is 9.78 Å². The van der Waals surface area contributed by atoms with Crippen LogP contribution < -0.4 is 10.1 Å². The fourth-order valence-corrected chi connectivity index (χ4v) is 4.12. The van der Waals surface area contributed by atoms with Gasteiger partial charge in [0.05, 0.1) is 16.9 Å². The molecule has 0 aliphatic rings. The fourth-order valence-electron chi connectivity index (χ4n) is 2.67. The highest BCUT2D eigenvalue weighted by Crippen LogP contribution is 2.29. The first-order valence-electron chi connectivity index (χ1n) is 8.40. The second kappa shape index (κ2) is 8.17. The van der Waals surface area contributed by atoms with Gasteiger partial charge in [0.1, 0.15) is 11.3 Å². The van der Waals surface area contributed by atoms with Gasteiger partial charge in [0.2, 0.25) is 9.84 Å². The van der Waals surface area contributed by atoms with Gasteiger partial charge in [0.25, 0.3) is 5.91 Å². The van der Waals surface area contributed by atoms with Crippen molar-refractivity contribution in [2.45, 2.75) is 9.79 Å². The second-order valence-corrected chi connectivity index (χ2v) is 8.57. The molecule has 0 saturated heterocycles. The number of aryl methyl sites for hydroxylation is 1. The molecule has 1 heterocycles. The van der Waals surface area contributed by atoms with Gasteiger partial charge in [-0.25, -0.2) is 13.2 Å². The molecule has 0 aliphatic heterocycles. The van der Waals surface area contributed by atoms with Crippen molar-refractivity contribution >= 4 is 39.0 Å². The lowest BCUT2D eigenvalue weighted by atomic mass is 10.2. The summed E-state index contributed by atoms with van der Waals surface area (Å²) in [5, 5.41) is 15.9. The zero-order valence-corrected chi connectivity index (χ0v) is 17.4. The molecule has 2 aromatic carbocycles. The van der Waals surface area contributed by atoms with E-state index in [1.165, 1.54) is 67.5 Å². The van der Waals surface area contributed by atoms with Crippen LogP contribution in [0.25, 0.3) is 0 Å². The minimum atomic E-state index is -3.93. The van der Waals surface area contributed by atoms with Crippen LogP contribution in [0.5, 0.6) is 5.75 Å². The van der Waals surface area contributed by atoms with Crippen molar-refractivity contribution < 1.29 is 27.9 Å². The molecule has 3 rings (SSSR count). The zero-order chi connectivity index (χ0) is 22.1. The summed E-state index contributed by atoms with van der Waals surface area (Å²) in [5.74, 6) is -1.94. The molecule has 156 valence electrons. The maximum absolute atomic E-state index is 13.0. The monoisotopic (exact) mass is 449 g/mol. The molecule has 0 spiro atoms. The molecule has 1 aromatic heterocycles. The number of rotatable bonds is 6. The fraction of sp³-hybridized carbons (Fsp3) is 0.105. The van der Waals surface area contributed by atoms with Gasteiger partial charge in [-0.2, -0.15) is 5.10 Å². The molecule has 2 N–H and O–H groups in total. The number of aromatic carboxylic acids is 1. The number of carboxylic acids is 1. The third-order valence-electron chi connectivity index (χ3n) is 4.08. The first-order valence-corrected chi connectivity index (χ1v) is 10.3. The number of hydrogen-bond donors (Lipinski definition) is 2. The third-order valence-corrected chi connectivity index (χ3v) is 6.08. The quantitative estimate of drug-likeness (QED) is 0.592.